The lowest BCUT2D eigenvalue weighted by Gasteiger charge is -2.01. The summed E-state index contributed by atoms with van der Waals surface area (Å²) in [4.78, 5) is 27.4. The first kappa shape index (κ1) is 13.0. The van der Waals surface area contributed by atoms with E-state index in [0.717, 1.165) is 12.3 Å². The lowest BCUT2D eigenvalue weighted by molar-refractivity contribution is -0.394. The average Bonchev–Trinajstić information content (AvgIpc) is 2.71. The fourth-order valence-electron chi connectivity index (χ4n) is 1.24. The third kappa shape index (κ3) is 2.27. The molecule has 0 unspecified atom stereocenters. The molecule has 98 valence electrons. The summed E-state index contributed by atoms with van der Waals surface area (Å²) in [5, 5.41) is 22.7. The number of aromatic carboxylic acids is 1. The minimum absolute atomic E-state index is 0.173. The molecule has 0 atom stereocenters. The lowest BCUT2D eigenvalue weighted by Crippen LogP contribution is -2.09. The molecule has 0 aliphatic carbocycles. The SMILES string of the molecule is O=C(O)c1ccnc(-n2nc([N+](=O)[O-])nc2Br)c1F. The fourth-order valence-corrected chi connectivity index (χ4v) is 1.65. The molecule has 0 spiro atoms. The minimum atomic E-state index is -1.49. The summed E-state index contributed by atoms with van der Waals surface area (Å²) in [5.41, 5.74) is -0.630. The van der Waals surface area contributed by atoms with Crippen LogP contribution in [0.3, 0.4) is 0 Å². The molecular formula is C8H3BrFN5O4. The molecule has 0 fully saturated rings. The number of carboxylic acid groups (broad SMARTS) is 1. The van der Waals surface area contributed by atoms with E-state index in [1.165, 1.54) is 0 Å². The molecule has 2 rings (SSSR count). The van der Waals surface area contributed by atoms with Gasteiger partial charge in [0.25, 0.3) is 4.73 Å². The molecule has 0 saturated heterocycles. The molecule has 9 nitrogen and oxygen atoms in total. The first-order valence-corrected chi connectivity index (χ1v) is 5.36. The van der Waals surface area contributed by atoms with E-state index < -0.39 is 34.0 Å². The number of carbonyl (C=O) groups is 1. The van der Waals surface area contributed by atoms with Crippen molar-refractivity contribution in [1.82, 2.24) is 19.7 Å². The molecule has 0 aliphatic heterocycles. The minimum Gasteiger partial charge on any atom is -0.478 e. The van der Waals surface area contributed by atoms with Crippen LogP contribution >= 0.6 is 15.9 Å². The van der Waals surface area contributed by atoms with Crippen molar-refractivity contribution in [2.75, 3.05) is 0 Å². The van der Waals surface area contributed by atoms with Crippen LogP contribution in [0.2, 0.25) is 0 Å². The van der Waals surface area contributed by atoms with Crippen molar-refractivity contribution in [3.8, 4) is 5.82 Å². The van der Waals surface area contributed by atoms with Crippen molar-refractivity contribution in [2.45, 2.75) is 0 Å². The van der Waals surface area contributed by atoms with Gasteiger partial charge in [-0.25, -0.2) is 14.2 Å². The molecule has 2 aromatic rings. The molecule has 0 bridgehead atoms. The first-order chi connectivity index (χ1) is 8.91. The van der Waals surface area contributed by atoms with Crippen LogP contribution in [0.5, 0.6) is 0 Å². The summed E-state index contributed by atoms with van der Waals surface area (Å²) in [5.74, 6) is -3.94. The Kier molecular flexibility index (Phi) is 3.21. The molecule has 2 aromatic heterocycles. The van der Waals surface area contributed by atoms with E-state index in [1.54, 1.807) is 0 Å². The van der Waals surface area contributed by atoms with Crippen LogP contribution < -0.4 is 0 Å². The third-order valence-electron chi connectivity index (χ3n) is 2.02. The second kappa shape index (κ2) is 4.68. The topological polar surface area (TPSA) is 124 Å². The molecular weight excluding hydrogens is 329 g/mol. The Morgan fingerprint density at radius 2 is 2.26 bits per heavy atom. The summed E-state index contributed by atoms with van der Waals surface area (Å²) in [6.07, 6.45) is 1.04. The van der Waals surface area contributed by atoms with Crippen LogP contribution in [0.1, 0.15) is 10.4 Å². The van der Waals surface area contributed by atoms with Gasteiger partial charge in [-0.2, -0.15) is 0 Å². The van der Waals surface area contributed by atoms with Gasteiger partial charge in [0.2, 0.25) is 5.82 Å². The molecule has 11 heteroatoms. The van der Waals surface area contributed by atoms with Crippen LogP contribution in [0, 0.1) is 15.9 Å². The van der Waals surface area contributed by atoms with Crippen molar-refractivity contribution in [3.05, 3.63) is 38.5 Å². The Morgan fingerprint density at radius 3 is 2.79 bits per heavy atom. The van der Waals surface area contributed by atoms with E-state index in [2.05, 4.69) is 31.0 Å². The van der Waals surface area contributed by atoms with Gasteiger partial charge in [0.15, 0.2) is 5.82 Å². The Bertz CT molecular complexity index is 688. The Labute approximate surface area is 112 Å². The zero-order valence-corrected chi connectivity index (χ0v) is 10.4. The van der Waals surface area contributed by atoms with Crippen LogP contribution in [-0.2, 0) is 0 Å². The van der Waals surface area contributed by atoms with Gasteiger partial charge >= 0.3 is 11.9 Å². The predicted octanol–water partition coefficient (Wildman–Crippen LogP) is 1.17. The maximum absolute atomic E-state index is 13.9. The fraction of sp³-hybridized carbons (Fsp3) is 0. The number of halogens is 2. The molecule has 0 aromatic carbocycles. The third-order valence-corrected chi connectivity index (χ3v) is 2.53. The number of aromatic nitrogens is 4. The number of rotatable bonds is 3. The Hall–Kier alpha value is -2.43. The van der Waals surface area contributed by atoms with Gasteiger partial charge in [-0.15, -0.1) is 4.68 Å². The monoisotopic (exact) mass is 331 g/mol. The van der Waals surface area contributed by atoms with E-state index >= 15 is 0 Å². The number of nitro groups is 1. The van der Waals surface area contributed by atoms with Crippen molar-refractivity contribution < 1.29 is 19.2 Å². The molecule has 1 N–H and O–H groups in total. The highest BCUT2D eigenvalue weighted by atomic mass is 79.9. The zero-order valence-electron chi connectivity index (χ0n) is 8.82. The van der Waals surface area contributed by atoms with Gasteiger partial charge in [0, 0.05) is 27.2 Å². The lowest BCUT2D eigenvalue weighted by atomic mass is 10.2. The normalized spacial score (nSPS) is 10.4. The second-order valence-electron chi connectivity index (χ2n) is 3.15. The van der Waals surface area contributed by atoms with Crippen molar-refractivity contribution >= 4 is 27.8 Å². The van der Waals surface area contributed by atoms with Crippen LogP contribution in [0.15, 0.2) is 17.0 Å². The molecule has 2 heterocycles. The van der Waals surface area contributed by atoms with Crippen LogP contribution in [0.4, 0.5) is 10.3 Å². The summed E-state index contributed by atoms with van der Waals surface area (Å²) in [6, 6.07) is 0.959. The van der Waals surface area contributed by atoms with Gasteiger partial charge < -0.3 is 15.2 Å². The highest BCUT2D eigenvalue weighted by Gasteiger charge is 2.25. The zero-order chi connectivity index (χ0) is 14.2. The van der Waals surface area contributed by atoms with Crippen LogP contribution in [0.25, 0.3) is 5.82 Å². The average molecular weight is 332 g/mol. The van der Waals surface area contributed by atoms with Gasteiger partial charge in [-0.1, -0.05) is 0 Å². The number of hydrogen-bond acceptors (Lipinski definition) is 6. The van der Waals surface area contributed by atoms with E-state index in [-0.39, 0.29) is 4.73 Å². The molecule has 0 radical (unpaired) electrons. The molecule has 0 aliphatic rings. The first-order valence-electron chi connectivity index (χ1n) is 4.57. The summed E-state index contributed by atoms with van der Waals surface area (Å²) < 4.78 is 14.4. The van der Waals surface area contributed by atoms with E-state index in [1.807, 2.05) is 0 Å². The molecule has 0 amide bonds. The highest BCUT2D eigenvalue weighted by Crippen LogP contribution is 2.20. The Morgan fingerprint density at radius 1 is 1.58 bits per heavy atom. The van der Waals surface area contributed by atoms with E-state index in [0.29, 0.717) is 4.68 Å². The Balaban J connectivity index is 2.62. The van der Waals surface area contributed by atoms with Gasteiger partial charge in [-0.3, -0.25) is 0 Å². The van der Waals surface area contributed by atoms with Crippen molar-refractivity contribution in [2.24, 2.45) is 0 Å². The van der Waals surface area contributed by atoms with Crippen molar-refractivity contribution in [1.29, 1.82) is 0 Å². The predicted molar refractivity (Wildman–Crippen MR) is 60.4 cm³/mol. The summed E-state index contributed by atoms with van der Waals surface area (Å²) >= 11 is 2.85. The quantitative estimate of drug-likeness (QED) is 0.661. The van der Waals surface area contributed by atoms with E-state index in [4.69, 9.17) is 5.11 Å². The van der Waals surface area contributed by atoms with Gasteiger partial charge in [0.05, 0.1) is 0 Å². The molecule has 19 heavy (non-hydrogen) atoms. The number of hydrogen-bond donors (Lipinski definition) is 1. The maximum atomic E-state index is 13.9. The molecule has 0 saturated carbocycles. The summed E-state index contributed by atoms with van der Waals surface area (Å²) in [6.45, 7) is 0. The largest absolute Gasteiger partial charge is 0.492 e. The standard InChI is InChI=1S/C8H3BrFN5O4/c9-7-12-8(15(18)19)13-14(7)5-4(10)3(6(16)17)1-2-11-5/h1-2H,(H,16,17). The maximum Gasteiger partial charge on any atom is 0.492 e. The van der Waals surface area contributed by atoms with Gasteiger partial charge in [0.1, 0.15) is 5.56 Å². The number of pyridine rings is 1. The van der Waals surface area contributed by atoms with Crippen molar-refractivity contribution in [3.63, 3.8) is 0 Å². The summed E-state index contributed by atoms with van der Waals surface area (Å²) in [7, 11) is 0. The number of carboxylic acids is 1. The smallest absolute Gasteiger partial charge is 0.478 e. The second-order valence-corrected chi connectivity index (χ2v) is 3.86. The van der Waals surface area contributed by atoms with E-state index in [9.17, 15) is 19.3 Å². The van der Waals surface area contributed by atoms with Crippen LogP contribution in [-0.4, -0.2) is 35.7 Å². The van der Waals surface area contributed by atoms with Gasteiger partial charge in [-0.05, 0) is 16.0 Å². The number of nitrogens with zero attached hydrogens (tertiary/aromatic N) is 5. The highest BCUT2D eigenvalue weighted by molar-refractivity contribution is 9.10.